The summed E-state index contributed by atoms with van der Waals surface area (Å²) in [7, 11) is 4.85. The van der Waals surface area contributed by atoms with Crippen LogP contribution in [0.15, 0.2) is 24.4 Å². The summed E-state index contributed by atoms with van der Waals surface area (Å²) >= 11 is 0. The van der Waals surface area contributed by atoms with Gasteiger partial charge in [-0.05, 0) is 18.2 Å². The van der Waals surface area contributed by atoms with Crippen LogP contribution in [-0.2, 0) is 7.05 Å². The van der Waals surface area contributed by atoms with Crippen molar-refractivity contribution >= 4 is 0 Å². The van der Waals surface area contributed by atoms with Gasteiger partial charge >= 0.3 is 0 Å². The molecule has 0 aliphatic rings. The molecule has 0 spiro atoms. The molecule has 0 bridgehead atoms. The van der Waals surface area contributed by atoms with Crippen LogP contribution in [0.5, 0.6) is 11.5 Å². The van der Waals surface area contributed by atoms with Crippen LogP contribution in [0, 0.1) is 0 Å². The van der Waals surface area contributed by atoms with Crippen LogP contribution in [0.25, 0.3) is 0 Å². The molecule has 18 heavy (non-hydrogen) atoms. The number of aryl methyl sites for hydroxylation is 1. The molecule has 1 atom stereocenters. The lowest BCUT2D eigenvalue weighted by atomic mass is 10.1. The summed E-state index contributed by atoms with van der Waals surface area (Å²) in [6.45, 7) is 0. The van der Waals surface area contributed by atoms with Crippen molar-refractivity contribution in [3.8, 4) is 11.5 Å². The maximum atomic E-state index is 10.4. The topological polar surface area (TPSA) is 69.4 Å². The van der Waals surface area contributed by atoms with Gasteiger partial charge in [-0.25, -0.2) is 4.68 Å². The van der Waals surface area contributed by atoms with Crippen molar-refractivity contribution < 1.29 is 14.6 Å². The van der Waals surface area contributed by atoms with Crippen molar-refractivity contribution in [1.29, 1.82) is 0 Å². The molecule has 0 aliphatic heterocycles. The second-order valence-electron chi connectivity index (χ2n) is 3.79. The minimum atomic E-state index is -0.866. The lowest BCUT2D eigenvalue weighted by Crippen LogP contribution is -2.08. The number of rotatable bonds is 4. The number of hydrogen-bond acceptors (Lipinski definition) is 5. The Labute approximate surface area is 105 Å². The Morgan fingerprint density at radius 1 is 1.28 bits per heavy atom. The molecule has 1 unspecified atom stereocenters. The van der Waals surface area contributed by atoms with Crippen LogP contribution < -0.4 is 9.47 Å². The van der Waals surface area contributed by atoms with E-state index in [1.807, 2.05) is 0 Å². The van der Waals surface area contributed by atoms with Crippen molar-refractivity contribution in [2.45, 2.75) is 6.10 Å². The minimum absolute atomic E-state index is 0.585. The zero-order chi connectivity index (χ0) is 13.1. The van der Waals surface area contributed by atoms with Crippen molar-refractivity contribution in [3.05, 3.63) is 35.7 Å². The molecule has 1 N–H and O–H groups in total. The van der Waals surface area contributed by atoms with E-state index in [9.17, 15) is 5.11 Å². The highest BCUT2D eigenvalue weighted by atomic mass is 16.5. The third-order valence-corrected chi connectivity index (χ3v) is 2.76. The van der Waals surface area contributed by atoms with E-state index in [4.69, 9.17) is 9.47 Å². The Morgan fingerprint density at radius 2 is 2.06 bits per heavy atom. The predicted molar refractivity (Wildman–Crippen MR) is 64.6 cm³/mol. The molecule has 0 saturated carbocycles. The summed E-state index contributed by atoms with van der Waals surface area (Å²) in [4.78, 5) is 0. The molecule has 1 aromatic carbocycles. The Bertz CT molecular complexity index is 539. The molecule has 0 saturated heterocycles. The fourth-order valence-electron chi connectivity index (χ4n) is 1.76. The summed E-state index contributed by atoms with van der Waals surface area (Å²) < 4.78 is 11.9. The number of aliphatic hydroxyl groups is 1. The highest BCUT2D eigenvalue weighted by Crippen LogP contribution is 2.32. The normalized spacial score (nSPS) is 12.2. The van der Waals surface area contributed by atoms with Crippen LogP contribution >= 0.6 is 0 Å². The van der Waals surface area contributed by atoms with Crippen LogP contribution in [0.3, 0.4) is 0 Å². The molecule has 0 amide bonds. The lowest BCUT2D eigenvalue weighted by molar-refractivity contribution is 0.204. The maximum absolute atomic E-state index is 10.4. The first-order chi connectivity index (χ1) is 8.67. The van der Waals surface area contributed by atoms with Gasteiger partial charge < -0.3 is 14.6 Å². The van der Waals surface area contributed by atoms with E-state index in [2.05, 4.69) is 10.3 Å². The smallest absolute Gasteiger partial charge is 0.126 e. The molecule has 0 radical (unpaired) electrons. The lowest BCUT2D eigenvalue weighted by Gasteiger charge is -2.15. The molecule has 0 fully saturated rings. The van der Waals surface area contributed by atoms with Gasteiger partial charge in [-0.3, -0.25) is 0 Å². The Hall–Kier alpha value is -2.08. The van der Waals surface area contributed by atoms with Crippen LogP contribution in [-0.4, -0.2) is 34.3 Å². The SMILES string of the molecule is COc1ccc(OC)c(C(O)c2cnnn2C)c1. The van der Waals surface area contributed by atoms with Gasteiger partial charge in [-0.15, -0.1) is 5.10 Å². The fraction of sp³-hybridized carbons (Fsp3) is 0.333. The van der Waals surface area contributed by atoms with Crippen LogP contribution in [0.1, 0.15) is 17.4 Å². The van der Waals surface area contributed by atoms with Gasteiger partial charge in [-0.2, -0.15) is 0 Å². The Kier molecular flexibility index (Phi) is 3.47. The van der Waals surface area contributed by atoms with Gasteiger partial charge in [0.2, 0.25) is 0 Å². The van der Waals surface area contributed by atoms with Crippen molar-refractivity contribution in [2.75, 3.05) is 14.2 Å². The summed E-state index contributed by atoms with van der Waals surface area (Å²) in [5, 5.41) is 17.9. The van der Waals surface area contributed by atoms with E-state index < -0.39 is 6.10 Å². The highest BCUT2D eigenvalue weighted by molar-refractivity contribution is 5.43. The van der Waals surface area contributed by atoms with E-state index in [1.165, 1.54) is 10.9 Å². The molecule has 96 valence electrons. The summed E-state index contributed by atoms with van der Waals surface area (Å²) in [5.41, 5.74) is 1.20. The van der Waals surface area contributed by atoms with Gasteiger partial charge in [-0.1, -0.05) is 5.21 Å². The third-order valence-electron chi connectivity index (χ3n) is 2.76. The van der Waals surface area contributed by atoms with Gasteiger partial charge in [0.1, 0.15) is 17.6 Å². The first-order valence-corrected chi connectivity index (χ1v) is 5.42. The molecule has 2 aromatic rings. The third kappa shape index (κ3) is 2.14. The zero-order valence-electron chi connectivity index (χ0n) is 10.5. The molecule has 2 rings (SSSR count). The number of benzene rings is 1. The first kappa shape index (κ1) is 12.4. The summed E-state index contributed by atoms with van der Waals surface area (Å²) in [6.07, 6.45) is 0.652. The van der Waals surface area contributed by atoms with Crippen molar-refractivity contribution in [1.82, 2.24) is 15.0 Å². The van der Waals surface area contributed by atoms with E-state index >= 15 is 0 Å². The van der Waals surface area contributed by atoms with Gasteiger partial charge in [0.15, 0.2) is 0 Å². The van der Waals surface area contributed by atoms with Gasteiger partial charge in [0, 0.05) is 12.6 Å². The van der Waals surface area contributed by atoms with Gasteiger partial charge in [0.25, 0.3) is 0 Å². The molecule has 1 aromatic heterocycles. The predicted octanol–water partition coefficient (Wildman–Crippen LogP) is 0.914. The van der Waals surface area contributed by atoms with E-state index in [0.717, 1.165) is 0 Å². The number of hydrogen-bond donors (Lipinski definition) is 1. The highest BCUT2D eigenvalue weighted by Gasteiger charge is 2.19. The molecular weight excluding hydrogens is 234 g/mol. The quantitative estimate of drug-likeness (QED) is 0.872. The van der Waals surface area contributed by atoms with Crippen molar-refractivity contribution in [2.24, 2.45) is 7.05 Å². The molecule has 6 nitrogen and oxygen atoms in total. The number of nitrogens with zero attached hydrogens (tertiary/aromatic N) is 3. The standard InChI is InChI=1S/C12H15N3O3/c1-15-10(7-13-14-15)12(16)9-6-8(17-2)4-5-11(9)18-3/h4-7,12,16H,1-3H3. The monoisotopic (exact) mass is 249 g/mol. The minimum Gasteiger partial charge on any atom is -0.497 e. The second kappa shape index (κ2) is 5.05. The molecular formula is C12H15N3O3. The number of methoxy groups -OCH3 is 2. The van der Waals surface area contributed by atoms with E-state index in [0.29, 0.717) is 22.8 Å². The molecule has 1 heterocycles. The largest absolute Gasteiger partial charge is 0.497 e. The Morgan fingerprint density at radius 3 is 2.61 bits per heavy atom. The fourth-order valence-corrected chi connectivity index (χ4v) is 1.76. The van der Waals surface area contributed by atoms with Gasteiger partial charge in [0.05, 0.1) is 26.1 Å². The number of aromatic nitrogens is 3. The molecule has 6 heteroatoms. The zero-order valence-corrected chi connectivity index (χ0v) is 10.5. The van der Waals surface area contributed by atoms with Crippen molar-refractivity contribution in [3.63, 3.8) is 0 Å². The first-order valence-electron chi connectivity index (χ1n) is 5.42. The van der Waals surface area contributed by atoms with Crippen LogP contribution in [0.4, 0.5) is 0 Å². The summed E-state index contributed by atoms with van der Waals surface area (Å²) in [5.74, 6) is 1.24. The summed E-state index contributed by atoms with van der Waals surface area (Å²) in [6, 6.07) is 5.26. The molecule has 0 aliphatic carbocycles. The number of aliphatic hydroxyl groups excluding tert-OH is 1. The Balaban J connectivity index is 2.45. The average Bonchev–Trinajstić information content (AvgIpc) is 2.83. The van der Waals surface area contributed by atoms with E-state index in [1.54, 1.807) is 39.5 Å². The number of ether oxygens (including phenoxy) is 2. The maximum Gasteiger partial charge on any atom is 0.126 e. The average molecular weight is 249 g/mol. The van der Waals surface area contributed by atoms with E-state index in [-0.39, 0.29) is 0 Å². The van der Waals surface area contributed by atoms with Crippen LogP contribution in [0.2, 0.25) is 0 Å². The second-order valence-corrected chi connectivity index (χ2v) is 3.79.